The van der Waals surface area contributed by atoms with Crippen LogP contribution >= 0.6 is 0 Å². The van der Waals surface area contributed by atoms with Gasteiger partial charge in [-0.25, -0.2) is 4.79 Å². The number of unbranched alkanes of at least 4 members (excludes halogenated alkanes) is 3. The number of carbonyl (C=O) groups excluding carboxylic acids is 3. The Morgan fingerprint density at radius 3 is 2.27 bits per heavy atom. The molecule has 126 valence electrons. The van der Waals surface area contributed by atoms with Gasteiger partial charge in [-0.1, -0.05) is 59.3 Å². The first-order chi connectivity index (χ1) is 10.4. The maximum Gasteiger partial charge on any atom is 0.328 e. The molecule has 1 saturated heterocycles. The van der Waals surface area contributed by atoms with Crippen molar-refractivity contribution in [2.24, 2.45) is 17.8 Å². The standard InChI is InChI=1S/C17H30N2O3/c1-4-12(2)9-7-5-6-8-10-13(3)14-11-15(20)18-17(22)19-16(14)21/h12-14H,4-11H2,1-3H3,(H2,18,19,20,21,22). The van der Waals surface area contributed by atoms with E-state index in [1.54, 1.807) is 0 Å². The van der Waals surface area contributed by atoms with Crippen molar-refractivity contribution in [3.8, 4) is 0 Å². The molecule has 1 aliphatic heterocycles. The third-order valence-electron chi connectivity index (χ3n) is 4.72. The minimum Gasteiger partial charge on any atom is -0.278 e. The van der Waals surface area contributed by atoms with Gasteiger partial charge in [0.15, 0.2) is 0 Å². The topological polar surface area (TPSA) is 75.3 Å². The van der Waals surface area contributed by atoms with E-state index in [0.717, 1.165) is 18.8 Å². The zero-order chi connectivity index (χ0) is 16.5. The van der Waals surface area contributed by atoms with Crippen LogP contribution in [0.5, 0.6) is 0 Å². The molecule has 0 aliphatic carbocycles. The smallest absolute Gasteiger partial charge is 0.278 e. The van der Waals surface area contributed by atoms with Crippen LogP contribution in [0.1, 0.15) is 72.1 Å². The summed E-state index contributed by atoms with van der Waals surface area (Å²) < 4.78 is 0. The average Bonchev–Trinajstić information content (AvgIpc) is 2.59. The first kappa shape index (κ1) is 18.7. The van der Waals surface area contributed by atoms with Crippen molar-refractivity contribution in [2.45, 2.75) is 72.1 Å². The van der Waals surface area contributed by atoms with Gasteiger partial charge in [-0.3, -0.25) is 20.2 Å². The van der Waals surface area contributed by atoms with Crippen molar-refractivity contribution in [3.63, 3.8) is 0 Å². The predicted molar refractivity (Wildman–Crippen MR) is 86.1 cm³/mol. The van der Waals surface area contributed by atoms with Crippen LogP contribution in [0.3, 0.4) is 0 Å². The predicted octanol–water partition coefficient (Wildman–Crippen LogP) is 3.38. The summed E-state index contributed by atoms with van der Waals surface area (Å²) in [6.45, 7) is 6.51. The Morgan fingerprint density at radius 2 is 1.64 bits per heavy atom. The summed E-state index contributed by atoms with van der Waals surface area (Å²) in [5.74, 6) is -0.163. The van der Waals surface area contributed by atoms with Crippen molar-refractivity contribution >= 4 is 17.8 Å². The Hall–Kier alpha value is -1.39. The molecule has 5 nitrogen and oxygen atoms in total. The van der Waals surface area contributed by atoms with Gasteiger partial charge in [0.25, 0.3) is 0 Å². The van der Waals surface area contributed by atoms with Gasteiger partial charge in [0, 0.05) is 12.3 Å². The Bertz CT molecular complexity index is 395. The van der Waals surface area contributed by atoms with Gasteiger partial charge in [-0.05, 0) is 18.3 Å². The second-order valence-corrected chi connectivity index (χ2v) is 6.66. The van der Waals surface area contributed by atoms with Crippen LogP contribution in [0.25, 0.3) is 0 Å². The maximum atomic E-state index is 11.9. The van der Waals surface area contributed by atoms with Crippen LogP contribution in [0, 0.1) is 17.8 Å². The highest BCUT2D eigenvalue weighted by Gasteiger charge is 2.32. The Kier molecular flexibility index (Phi) is 8.13. The summed E-state index contributed by atoms with van der Waals surface area (Å²) in [6, 6.07) is -0.699. The molecule has 3 unspecified atom stereocenters. The molecule has 4 amide bonds. The fraction of sp³-hybridized carbons (Fsp3) is 0.824. The second-order valence-electron chi connectivity index (χ2n) is 6.66. The van der Waals surface area contributed by atoms with Crippen LogP contribution < -0.4 is 10.6 Å². The van der Waals surface area contributed by atoms with Crippen molar-refractivity contribution < 1.29 is 14.4 Å². The Balaban J connectivity index is 2.26. The summed E-state index contributed by atoms with van der Waals surface area (Å²) in [6.07, 6.45) is 8.29. The van der Waals surface area contributed by atoms with E-state index in [2.05, 4.69) is 24.5 Å². The van der Waals surface area contributed by atoms with E-state index < -0.39 is 11.9 Å². The number of imide groups is 2. The number of hydrogen-bond donors (Lipinski definition) is 2. The van der Waals surface area contributed by atoms with E-state index in [4.69, 9.17) is 0 Å². The molecule has 5 heteroatoms. The lowest BCUT2D eigenvalue weighted by atomic mass is 9.86. The number of rotatable bonds is 9. The number of nitrogens with one attached hydrogen (secondary N) is 2. The minimum atomic E-state index is -0.699. The molecule has 0 aromatic rings. The highest BCUT2D eigenvalue weighted by atomic mass is 16.2. The molecule has 0 radical (unpaired) electrons. The molecule has 0 saturated carbocycles. The zero-order valence-corrected chi connectivity index (χ0v) is 14.1. The lowest BCUT2D eigenvalue weighted by Gasteiger charge is -2.19. The van der Waals surface area contributed by atoms with Gasteiger partial charge < -0.3 is 0 Å². The van der Waals surface area contributed by atoms with Crippen molar-refractivity contribution in [1.29, 1.82) is 0 Å². The Morgan fingerprint density at radius 1 is 1.00 bits per heavy atom. The molecule has 1 heterocycles. The SMILES string of the molecule is CCC(C)CCCCCCC(C)C1CC(=O)NC(=O)NC1=O. The first-order valence-electron chi connectivity index (χ1n) is 8.58. The second kappa shape index (κ2) is 9.59. The maximum absolute atomic E-state index is 11.9. The summed E-state index contributed by atoms with van der Waals surface area (Å²) in [5.41, 5.74) is 0. The first-order valence-corrected chi connectivity index (χ1v) is 8.58. The molecule has 2 N–H and O–H groups in total. The lowest BCUT2D eigenvalue weighted by Crippen LogP contribution is -2.39. The molecule has 0 aromatic carbocycles. The van der Waals surface area contributed by atoms with Crippen LogP contribution in [-0.2, 0) is 9.59 Å². The third kappa shape index (κ3) is 6.58. The summed E-state index contributed by atoms with van der Waals surface area (Å²) in [5, 5.41) is 4.37. The van der Waals surface area contributed by atoms with E-state index in [1.165, 1.54) is 32.1 Å². The van der Waals surface area contributed by atoms with Crippen LogP contribution in [0.15, 0.2) is 0 Å². The molecule has 1 aliphatic rings. The van der Waals surface area contributed by atoms with E-state index >= 15 is 0 Å². The summed E-state index contributed by atoms with van der Waals surface area (Å²) in [7, 11) is 0. The number of carbonyl (C=O) groups is 3. The largest absolute Gasteiger partial charge is 0.328 e. The average molecular weight is 310 g/mol. The zero-order valence-electron chi connectivity index (χ0n) is 14.1. The molecule has 0 aromatic heterocycles. The molecular formula is C17H30N2O3. The monoisotopic (exact) mass is 310 g/mol. The van der Waals surface area contributed by atoms with Crippen LogP contribution in [0.4, 0.5) is 4.79 Å². The van der Waals surface area contributed by atoms with E-state index in [9.17, 15) is 14.4 Å². The molecule has 1 fully saturated rings. The number of amides is 4. The van der Waals surface area contributed by atoms with Gasteiger partial charge in [-0.2, -0.15) is 0 Å². The molecule has 0 bridgehead atoms. The number of hydrogen-bond acceptors (Lipinski definition) is 3. The summed E-state index contributed by atoms with van der Waals surface area (Å²) >= 11 is 0. The number of urea groups is 1. The van der Waals surface area contributed by atoms with E-state index in [1.807, 2.05) is 6.92 Å². The van der Waals surface area contributed by atoms with Gasteiger partial charge in [0.2, 0.25) is 11.8 Å². The molecule has 0 spiro atoms. The van der Waals surface area contributed by atoms with Crippen molar-refractivity contribution in [2.75, 3.05) is 0 Å². The lowest BCUT2D eigenvalue weighted by molar-refractivity contribution is -0.129. The van der Waals surface area contributed by atoms with Gasteiger partial charge in [0.1, 0.15) is 0 Å². The van der Waals surface area contributed by atoms with Gasteiger partial charge in [-0.15, -0.1) is 0 Å². The highest BCUT2D eigenvalue weighted by Crippen LogP contribution is 2.24. The van der Waals surface area contributed by atoms with E-state index in [-0.39, 0.29) is 24.2 Å². The fourth-order valence-electron chi connectivity index (χ4n) is 2.88. The van der Waals surface area contributed by atoms with Crippen molar-refractivity contribution in [3.05, 3.63) is 0 Å². The molecule has 3 atom stereocenters. The molecular weight excluding hydrogens is 280 g/mol. The fourth-order valence-corrected chi connectivity index (χ4v) is 2.88. The normalized spacial score (nSPS) is 21.8. The van der Waals surface area contributed by atoms with Crippen molar-refractivity contribution in [1.82, 2.24) is 10.6 Å². The Labute approximate surface area is 133 Å². The van der Waals surface area contributed by atoms with Crippen LogP contribution in [-0.4, -0.2) is 17.8 Å². The highest BCUT2D eigenvalue weighted by molar-refractivity contribution is 6.06. The minimum absolute atomic E-state index is 0.104. The van der Waals surface area contributed by atoms with E-state index in [0.29, 0.717) is 0 Å². The molecule has 22 heavy (non-hydrogen) atoms. The van der Waals surface area contributed by atoms with Gasteiger partial charge >= 0.3 is 6.03 Å². The third-order valence-corrected chi connectivity index (χ3v) is 4.72. The quantitative estimate of drug-likeness (QED) is 0.641. The molecule has 1 rings (SSSR count). The van der Waals surface area contributed by atoms with Gasteiger partial charge in [0.05, 0.1) is 0 Å². The summed E-state index contributed by atoms with van der Waals surface area (Å²) in [4.78, 5) is 34.7. The van der Waals surface area contributed by atoms with Crippen LogP contribution in [0.2, 0.25) is 0 Å².